The van der Waals surface area contributed by atoms with Crippen molar-refractivity contribution in [3.05, 3.63) is 16.1 Å². The second-order valence-corrected chi connectivity index (χ2v) is 4.54. The fourth-order valence-corrected chi connectivity index (χ4v) is 1.65. The van der Waals surface area contributed by atoms with E-state index in [-0.39, 0.29) is 11.8 Å². The molecule has 1 aromatic heterocycles. The third-order valence-corrected chi connectivity index (χ3v) is 2.80. The van der Waals surface area contributed by atoms with Gasteiger partial charge in [-0.05, 0) is 6.92 Å². The topological polar surface area (TPSA) is 68.0 Å². The number of amides is 1. The highest BCUT2D eigenvalue weighted by molar-refractivity contribution is 7.11. The first kappa shape index (κ1) is 11.1. The molecule has 0 radical (unpaired) electrons. The van der Waals surface area contributed by atoms with Crippen molar-refractivity contribution in [1.82, 2.24) is 10.3 Å². The van der Waals surface area contributed by atoms with Crippen molar-refractivity contribution in [3.63, 3.8) is 0 Å². The van der Waals surface area contributed by atoms with Gasteiger partial charge in [0.15, 0.2) is 0 Å². The van der Waals surface area contributed by atoms with Crippen molar-refractivity contribution < 1.29 is 4.79 Å². The fourth-order valence-electron chi connectivity index (χ4n) is 0.927. The van der Waals surface area contributed by atoms with Gasteiger partial charge in [-0.1, -0.05) is 6.92 Å². The summed E-state index contributed by atoms with van der Waals surface area (Å²) < 4.78 is 0. The van der Waals surface area contributed by atoms with Crippen LogP contribution in [0.5, 0.6) is 0 Å². The molecular formula is C9H15N3OS. The Morgan fingerprint density at radius 2 is 2.50 bits per heavy atom. The smallest absolute Gasteiger partial charge is 0.224 e. The van der Waals surface area contributed by atoms with Crippen molar-refractivity contribution in [3.8, 4) is 0 Å². The van der Waals surface area contributed by atoms with Gasteiger partial charge in [0.25, 0.3) is 0 Å². The second kappa shape index (κ2) is 5.07. The Bertz CT molecular complexity index is 311. The van der Waals surface area contributed by atoms with E-state index in [1.54, 1.807) is 17.5 Å². The number of carbonyl (C=O) groups excluding carboxylic acids is 1. The number of nitrogens with one attached hydrogen (secondary N) is 1. The molecule has 1 amide bonds. The van der Waals surface area contributed by atoms with E-state index in [9.17, 15) is 4.79 Å². The van der Waals surface area contributed by atoms with E-state index in [0.29, 0.717) is 13.1 Å². The number of thiazole rings is 1. The number of aromatic nitrogens is 1. The zero-order valence-electron chi connectivity index (χ0n) is 8.41. The van der Waals surface area contributed by atoms with Gasteiger partial charge in [0, 0.05) is 23.5 Å². The van der Waals surface area contributed by atoms with Gasteiger partial charge in [0.2, 0.25) is 5.91 Å². The van der Waals surface area contributed by atoms with E-state index in [2.05, 4.69) is 10.3 Å². The molecule has 3 N–H and O–H groups in total. The highest BCUT2D eigenvalue weighted by Crippen LogP contribution is 2.10. The van der Waals surface area contributed by atoms with Crippen molar-refractivity contribution >= 4 is 17.2 Å². The molecule has 1 rings (SSSR count). The Labute approximate surface area is 87.5 Å². The molecule has 0 bridgehead atoms. The summed E-state index contributed by atoms with van der Waals surface area (Å²) in [5, 5.41) is 3.72. The molecule has 0 aromatic carbocycles. The maximum atomic E-state index is 11.3. The zero-order valence-corrected chi connectivity index (χ0v) is 9.23. The molecule has 0 aliphatic carbocycles. The summed E-state index contributed by atoms with van der Waals surface area (Å²) in [5.74, 6) is -0.142. The summed E-state index contributed by atoms with van der Waals surface area (Å²) in [7, 11) is 0. The third-order valence-electron chi connectivity index (χ3n) is 1.88. The van der Waals surface area contributed by atoms with Crippen LogP contribution in [0.25, 0.3) is 0 Å². The van der Waals surface area contributed by atoms with Gasteiger partial charge in [-0.25, -0.2) is 4.98 Å². The molecule has 14 heavy (non-hydrogen) atoms. The van der Waals surface area contributed by atoms with E-state index >= 15 is 0 Å². The molecule has 0 saturated carbocycles. The van der Waals surface area contributed by atoms with Crippen molar-refractivity contribution in [2.24, 2.45) is 11.7 Å². The van der Waals surface area contributed by atoms with Gasteiger partial charge in [-0.2, -0.15) is 0 Å². The lowest BCUT2D eigenvalue weighted by atomic mass is 10.2. The minimum Gasteiger partial charge on any atom is -0.349 e. The molecule has 1 aromatic rings. The summed E-state index contributed by atoms with van der Waals surface area (Å²) >= 11 is 1.59. The average Bonchev–Trinajstić information content (AvgIpc) is 2.59. The summed E-state index contributed by atoms with van der Waals surface area (Å²) in [6.07, 6.45) is 1.80. The SMILES string of the molecule is Cc1cnc(CNC(=O)C(C)CN)s1. The quantitative estimate of drug-likeness (QED) is 0.772. The van der Waals surface area contributed by atoms with E-state index in [1.165, 1.54) is 0 Å². The predicted molar refractivity (Wildman–Crippen MR) is 56.9 cm³/mol. The summed E-state index contributed by atoms with van der Waals surface area (Å²) in [5.41, 5.74) is 5.37. The van der Waals surface area contributed by atoms with Gasteiger partial charge in [0.05, 0.1) is 6.54 Å². The average molecular weight is 213 g/mol. The number of carbonyl (C=O) groups is 1. The second-order valence-electron chi connectivity index (χ2n) is 3.22. The van der Waals surface area contributed by atoms with Crippen LogP contribution in [-0.2, 0) is 11.3 Å². The van der Waals surface area contributed by atoms with Crippen LogP contribution in [0.3, 0.4) is 0 Å². The van der Waals surface area contributed by atoms with Crippen LogP contribution in [0.15, 0.2) is 6.20 Å². The minimum atomic E-state index is -0.129. The van der Waals surface area contributed by atoms with Crippen LogP contribution in [-0.4, -0.2) is 17.4 Å². The lowest BCUT2D eigenvalue weighted by Crippen LogP contribution is -2.32. The molecule has 1 atom stereocenters. The maximum absolute atomic E-state index is 11.3. The Balaban J connectivity index is 2.37. The van der Waals surface area contributed by atoms with Gasteiger partial charge < -0.3 is 11.1 Å². The standard InChI is InChI=1S/C9H15N3OS/c1-6(3-10)9(13)12-5-8-11-4-7(2)14-8/h4,6H,3,5,10H2,1-2H3,(H,12,13). The monoisotopic (exact) mass is 213 g/mol. The first-order valence-electron chi connectivity index (χ1n) is 4.52. The molecule has 0 aliphatic rings. The number of nitrogens with two attached hydrogens (primary N) is 1. The first-order valence-corrected chi connectivity index (χ1v) is 5.34. The molecule has 0 aliphatic heterocycles. The first-order chi connectivity index (χ1) is 6.63. The van der Waals surface area contributed by atoms with Crippen molar-refractivity contribution in [2.75, 3.05) is 6.54 Å². The summed E-state index contributed by atoms with van der Waals surface area (Å²) in [6, 6.07) is 0. The zero-order chi connectivity index (χ0) is 10.6. The van der Waals surface area contributed by atoms with E-state index < -0.39 is 0 Å². The molecule has 0 saturated heterocycles. The van der Waals surface area contributed by atoms with Gasteiger partial charge in [-0.15, -0.1) is 11.3 Å². The summed E-state index contributed by atoms with van der Waals surface area (Å²) in [6.45, 7) is 4.68. The van der Waals surface area contributed by atoms with E-state index in [4.69, 9.17) is 5.73 Å². The predicted octanol–water partition coefficient (Wildman–Crippen LogP) is 0.663. The van der Waals surface area contributed by atoms with Crippen LogP contribution < -0.4 is 11.1 Å². The third kappa shape index (κ3) is 3.08. The molecule has 4 nitrogen and oxygen atoms in total. The molecule has 5 heteroatoms. The molecule has 0 spiro atoms. The number of hydrogen-bond acceptors (Lipinski definition) is 4. The van der Waals surface area contributed by atoms with Crippen LogP contribution in [0, 0.1) is 12.8 Å². The molecule has 78 valence electrons. The number of nitrogens with zero attached hydrogens (tertiary/aromatic N) is 1. The largest absolute Gasteiger partial charge is 0.349 e. The molecule has 1 unspecified atom stereocenters. The van der Waals surface area contributed by atoms with Crippen LogP contribution in [0.1, 0.15) is 16.8 Å². The van der Waals surface area contributed by atoms with E-state index in [0.717, 1.165) is 9.88 Å². The minimum absolute atomic E-state index is 0.0136. The van der Waals surface area contributed by atoms with Crippen LogP contribution in [0.4, 0.5) is 0 Å². The maximum Gasteiger partial charge on any atom is 0.224 e. The molecule has 0 fully saturated rings. The fraction of sp³-hybridized carbons (Fsp3) is 0.556. The Hall–Kier alpha value is -0.940. The molecular weight excluding hydrogens is 198 g/mol. The lowest BCUT2D eigenvalue weighted by Gasteiger charge is -2.07. The lowest BCUT2D eigenvalue weighted by molar-refractivity contribution is -0.124. The van der Waals surface area contributed by atoms with Crippen molar-refractivity contribution in [1.29, 1.82) is 0 Å². The van der Waals surface area contributed by atoms with Crippen molar-refractivity contribution in [2.45, 2.75) is 20.4 Å². The number of aryl methyl sites for hydroxylation is 1. The Morgan fingerprint density at radius 3 is 3.00 bits per heavy atom. The number of rotatable bonds is 4. The van der Waals surface area contributed by atoms with Crippen LogP contribution in [0.2, 0.25) is 0 Å². The Morgan fingerprint density at radius 1 is 1.79 bits per heavy atom. The number of hydrogen-bond donors (Lipinski definition) is 2. The van der Waals surface area contributed by atoms with Crippen LogP contribution >= 0.6 is 11.3 Å². The normalized spacial score (nSPS) is 12.5. The van der Waals surface area contributed by atoms with Gasteiger partial charge in [-0.3, -0.25) is 4.79 Å². The summed E-state index contributed by atoms with van der Waals surface area (Å²) in [4.78, 5) is 16.6. The highest BCUT2D eigenvalue weighted by atomic mass is 32.1. The van der Waals surface area contributed by atoms with Gasteiger partial charge >= 0.3 is 0 Å². The van der Waals surface area contributed by atoms with Gasteiger partial charge in [0.1, 0.15) is 5.01 Å². The van der Waals surface area contributed by atoms with E-state index in [1.807, 2.05) is 13.8 Å². The molecule has 1 heterocycles. The highest BCUT2D eigenvalue weighted by Gasteiger charge is 2.10. The Kier molecular flexibility index (Phi) is 4.03.